The van der Waals surface area contributed by atoms with Crippen LogP contribution >= 0.6 is 11.6 Å². The Balaban J connectivity index is 1.45. The zero-order valence-corrected chi connectivity index (χ0v) is 22.3. The number of rotatable bonds is 9. The van der Waals surface area contributed by atoms with Crippen molar-refractivity contribution in [2.75, 3.05) is 31.6 Å². The molecule has 1 fully saturated rings. The second-order valence-corrected chi connectivity index (χ2v) is 11.3. The predicted octanol–water partition coefficient (Wildman–Crippen LogP) is 4.14. The van der Waals surface area contributed by atoms with Gasteiger partial charge in [-0.1, -0.05) is 41.9 Å². The second kappa shape index (κ2) is 11.2. The van der Waals surface area contributed by atoms with Gasteiger partial charge in [0.05, 0.1) is 17.8 Å². The van der Waals surface area contributed by atoms with E-state index in [2.05, 4.69) is 10.3 Å². The van der Waals surface area contributed by atoms with E-state index in [1.165, 1.54) is 22.5 Å². The molecule has 204 valence electrons. The molecule has 39 heavy (non-hydrogen) atoms. The number of nitrogens with two attached hydrogens (primary N) is 1. The number of H-pyrrole nitrogens is 1. The molecule has 1 amide bonds. The van der Waals surface area contributed by atoms with Crippen molar-refractivity contribution in [3.63, 3.8) is 0 Å². The van der Waals surface area contributed by atoms with E-state index in [4.69, 9.17) is 26.8 Å². The Morgan fingerprint density at radius 1 is 1.18 bits per heavy atom. The third-order valence-corrected chi connectivity index (χ3v) is 8.52. The zero-order chi connectivity index (χ0) is 27.6. The van der Waals surface area contributed by atoms with E-state index >= 15 is 0 Å². The molecule has 12 heteroatoms. The Hall–Kier alpha value is -3.64. The molecular weight excluding hydrogens is 547 g/mol. The molecule has 4 aromatic rings. The van der Waals surface area contributed by atoms with E-state index in [-0.39, 0.29) is 53.1 Å². The number of ether oxygens (including phenoxy) is 2. The van der Waals surface area contributed by atoms with E-state index in [9.17, 15) is 17.6 Å². The van der Waals surface area contributed by atoms with Crippen LogP contribution in [-0.2, 0) is 21.3 Å². The van der Waals surface area contributed by atoms with Crippen LogP contribution in [0.2, 0.25) is 5.02 Å². The lowest BCUT2D eigenvalue weighted by Gasteiger charge is -2.32. The number of halogens is 2. The third kappa shape index (κ3) is 5.86. The smallest absolute Gasteiger partial charge is 0.266 e. The van der Waals surface area contributed by atoms with Crippen molar-refractivity contribution in [1.29, 1.82) is 0 Å². The summed E-state index contributed by atoms with van der Waals surface area (Å²) < 4.78 is 53.9. The minimum Gasteiger partial charge on any atom is -0.491 e. The number of nitrogens with zero attached hydrogens (tertiary/aromatic N) is 1. The second-order valence-electron chi connectivity index (χ2n) is 9.03. The number of amides is 1. The monoisotopic (exact) mass is 572 g/mol. The maximum Gasteiger partial charge on any atom is 0.266 e. The first-order chi connectivity index (χ1) is 18.7. The number of aromatic amines is 1. The number of morpholine rings is 1. The molecule has 5 rings (SSSR count). The Labute approximate surface area is 229 Å². The molecule has 0 radical (unpaired) electrons. The van der Waals surface area contributed by atoms with Crippen LogP contribution in [0, 0.1) is 5.82 Å². The molecule has 0 bridgehead atoms. The number of hydrogen-bond acceptors (Lipinski definition) is 6. The van der Waals surface area contributed by atoms with Gasteiger partial charge in [-0.2, -0.15) is 4.31 Å². The van der Waals surface area contributed by atoms with Gasteiger partial charge in [-0.05, 0) is 42.0 Å². The summed E-state index contributed by atoms with van der Waals surface area (Å²) in [6, 6.07) is 18.2. The van der Waals surface area contributed by atoms with Gasteiger partial charge in [0.1, 0.15) is 34.9 Å². The quantitative estimate of drug-likeness (QED) is 0.277. The standard InChI is InChI=1S/C27H26ClFN4O5S/c28-18-12-22-24(23(13-18)31-14-17-6-8-19(29)9-7-17)32-25(27(30)34)26(22)39(35,36)33-10-11-37-21(15-33)16-38-20-4-2-1-3-5-20/h1-9,12-13,21,31-32H,10-11,14-16H2,(H2,30,34). The largest absolute Gasteiger partial charge is 0.491 e. The molecule has 9 nitrogen and oxygen atoms in total. The number of primary amides is 1. The SMILES string of the molecule is NC(=O)c1[nH]c2c(NCc3ccc(F)cc3)cc(Cl)cc2c1S(=O)(=O)N1CCOC(COc2ccccc2)C1. The summed E-state index contributed by atoms with van der Waals surface area (Å²) in [6.45, 7) is 0.717. The van der Waals surface area contributed by atoms with Crippen LogP contribution in [-0.4, -0.2) is 56.0 Å². The normalized spacial score (nSPS) is 16.3. The van der Waals surface area contributed by atoms with Crippen molar-refractivity contribution >= 4 is 44.1 Å². The lowest BCUT2D eigenvalue weighted by molar-refractivity contribution is -0.0249. The lowest BCUT2D eigenvalue weighted by Crippen LogP contribution is -2.47. The highest BCUT2D eigenvalue weighted by atomic mass is 35.5. The molecule has 0 aliphatic carbocycles. The summed E-state index contributed by atoms with van der Waals surface area (Å²) in [5.41, 5.74) is 6.98. The number of para-hydroxylation sites is 1. The fourth-order valence-electron chi connectivity index (χ4n) is 4.46. The van der Waals surface area contributed by atoms with Crippen molar-refractivity contribution in [2.24, 2.45) is 5.73 Å². The molecule has 1 aliphatic heterocycles. The number of fused-ring (bicyclic) bond motifs is 1. The van der Waals surface area contributed by atoms with Crippen LogP contribution in [0.3, 0.4) is 0 Å². The molecule has 3 aromatic carbocycles. The number of carbonyl (C=O) groups is 1. The van der Waals surface area contributed by atoms with Crippen molar-refractivity contribution in [2.45, 2.75) is 17.5 Å². The zero-order valence-electron chi connectivity index (χ0n) is 20.7. The molecule has 0 saturated carbocycles. The first-order valence-corrected chi connectivity index (χ1v) is 14.0. The van der Waals surface area contributed by atoms with Gasteiger partial charge in [-0.25, -0.2) is 12.8 Å². The molecule has 1 aromatic heterocycles. The van der Waals surface area contributed by atoms with Gasteiger partial charge in [0, 0.05) is 30.0 Å². The maximum absolute atomic E-state index is 13.9. The van der Waals surface area contributed by atoms with Crippen LogP contribution in [0.5, 0.6) is 5.75 Å². The average molecular weight is 573 g/mol. The molecule has 1 aliphatic rings. The Morgan fingerprint density at radius 2 is 1.92 bits per heavy atom. The van der Waals surface area contributed by atoms with E-state index in [1.54, 1.807) is 30.3 Å². The van der Waals surface area contributed by atoms with Crippen LogP contribution in [0.15, 0.2) is 71.6 Å². The molecule has 1 unspecified atom stereocenters. The van der Waals surface area contributed by atoms with Gasteiger partial charge < -0.3 is 25.5 Å². The Morgan fingerprint density at radius 3 is 2.64 bits per heavy atom. The summed E-state index contributed by atoms with van der Waals surface area (Å²) in [6.07, 6.45) is -0.521. The lowest BCUT2D eigenvalue weighted by atomic mass is 10.2. The van der Waals surface area contributed by atoms with Crippen LogP contribution in [0.4, 0.5) is 10.1 Å². The van der Waals surface area contributed by atoms with Gasteiger partial charge in [0.2, 0.25) is 10.0 Å². The fourth-order valence-corrected chi connectivity index (χ4v) is 6.47. The minimum atomic E-state index is -4.20. The number of sulfonamides is 1. The number of benzene rings is 3. The molecule has 1 atom stereocenters. The summed E-state index contributed by atoms with van der Waals surface area (Å²) in [5, 5.41) is 3.66. The fraction of sp³-hybridized carbons (Fsp3) is 0.222. The Kier molecular flexibility index (Phi) is 7.76. The Bertz CT molecular complexity index is 1600. The maximum atomic E-state index is 13.9. The number of aromatic nitrogens is 1. The van der Waals surface area contributed by atoms with E-state index in [1.807, 2.05) is 18.2 Å². The summed E-state index contributed by atoms with van der Waals surface area (Å²) in [5.74, 6) is -0.641. The van der Waals surface area contributed by atoms with Crippen LogP contribution in [0.25, 0.3) is 10.9 Å². The highest BCUT2D eigenvalue weighted by Crippen LogP contribution is 2.36. The molecule has 0 spiro atoms. The highest BCUT2D eigenvalue weighted by Gasteiger charge is 2.36. The molecule has 4 N–H and O–H groups in total. The summed E-state index contributed by atoms with van der Waals surface area (Å²) >= 11 is 6.38. The summed E-state index contributed by atoms with van der Waals surface area (Å²) in [4.78, 5) is 15.1. The van der Waals surface area contributed by atoms with Crippen molar-refractivity contribution in [1.82, 2.24) is 9.29 Å². The van der Waals surface area contributed by atoms with Crippen molar-refractivity contribution in [3.8, 4) is 5.75 Å². The van der Waals surface area contributed by atoms with Gasteiger partial charge >= 0.3 is 0 Å². The van der Waals surface area contributed by atoms with E-state index in [0.717, 1.165) is 5.56 Å². The van der Waals surface area contributed by atoms with Gasteiger partial charge in [-0.3, -0.25) is 4.79 Å². The average Bonchev–Trinajstić information content (AvgIpc) is 3.33. The number of nitrogens with one attached hydrogen (secondary N) is 2. The van der Waals surface area contributed by atoms with E-state index < -0.39 is 22.0 Å². The molecule has 2 heterocycles. The van der Waals surface area contributed by atoms with Crippen molar-refractivity contribution in [3.05, 3.63) is 88.8 Å². The molecular formula is C27H26ClFN4O5S. The predicted molar refractivity (Wildman–Crippen MR) is 146 cm³/mol. The topological polar surface area (TPSA) is 127 Å². The van der Waals surface area contributed by atoms with Gasteiger partial charge in [-0.15, -0.1) is 0 Å². The summed E-state index contributed by atoms with van der Waals surface area (Å²) in [7, 11) is -4.20. The number of anilines is 1. The third-order valence-electron chi connectivity index (χ3n) is 6.35. The van der Waals surface area contributed by atoms with Gasteiger partial charge in [0.25, 0.3) is 5.91 Å². The first-order valence-electron chi connectivity index (χ1n) is 12.2. The van der Waals surface area contributed by atoms with E-state index in [0.29, 0.717) is 23.5 Å². The highest BCUT2D eigenvalue weighted by molar-refractivity contribution is 7.89. The van der Waals surface area contributed by atoms with Crippen LogP contribution < -0.4 is 15.8 Å². The first kappa shape index (κ1) is 26.9. The number of hydrogen-bond donors (Lipinski definition) is 3. The van der Waals surface area contributed by atoms with Crippen molar-refractivity contribution < 1.29 is 27.1 Å². The van der Waals surface area contributed by atoms with Crippen LogP contribution in [0.1, 0.15) is 16.1 Å². The molecule has 1 saturated heterocycles. The van der Waals surface area contributed by atoms with Gasteiger partial charge in [0.15, 0.2) is 0 Å². The minimum absolute atomic E-state index is 0.0241. The number of carbonyl (C=O) groups excluding carboxylic acids is 1.